The summed E-state index contributed by atoms with van der Waals surface area (Å²) in [7, 11) is 0. The molecule has 1 aliphatic rings. The first-order valence-electron chi connectivity index (χ1n) is 17.0. The molecule has 0 fully saturated rings. The largest absolute Gasteiger partial charge is 0.310 e. The first-order valence-corrected chi connectivity index (χ1v) is 17.8. The second kappa shape index (κ2) is 11.8. The molecule has 0 radical (unpaired) electrons. The summed E-state index contributed by atoms with van der Waals surface area (Å²) >= 11 is 1.79. The van der Waals surface area contributed by atoms with E-state index in [-0.39, 0.29) is 0 Å². The summed E-state index contributed by atoms with van der Waals surface area (Å²) in [5.41, 5.74) is 10.2. The molecule has 6 aromatic carbocycles. The van der Waals surface area contributed by atoms with Crippen LogP contribution in [-0.4, -0.2) is 19.5 Å². The van der Waals surface area contributed by atoms with Crippen LogP contribution in [0.5, 0.6) is 0 Å². The van der Waals surface area contributed by atoms with Crippen molar-refractivity contribution in [2.24, 2.45) is 0 Å². The van der Waals surface area contributed by atoms with Crippen LogP contribution in [0.3, 0.4) is 0 Å². The Bertz CT molecular complexity index is 2750. The lowest BCUT2D eigenvalue weighted by Gasteiger charge is -2.14. The summed E-state index contributed by atoms with van der Waals surface area (Å²) in [5.74, 6) is 1.98. The van der Waals surface area contributed by atoms with E-state index in [4.69, 9.17) is 15.0 Å². The highest BCUT2D eigenvalue weighted by Gasteiger charge is 2.20. The smallest absolute Gasteiger partial charge is 0.165 e. The van der Waals surface area contributed by atoms with E-state index in [0.29, 0.717) is 17.5 Å². The van der Waals surface area contributed by atoms with Gasteiger partial charge in [0.1, 0.15) is 0 Å². The van der Waals surface area contributed by atoms with Gasteiger partial charge in [0.2, 0.25) is 0 Å². The lowest BCUT2D eigenvalue weighted by Crippen LogP contribution is -2.02. The molecule has 1 aliphatic carbocycles. The van der Waals surface area contributed by atoms with Gasteiger partial charge in [0, 0.05) is 53.6 Å². The normalized spacial score (nSPS) is 12.6. The van der Waals surface area contributed by atoms with Crippen molar-refractivity contribution in [3.63, 3.8) is 0 Å². The third-order valence-corrected chi connectivity index (χ3v) is 11.0. The number of hydrogen-bond acceptors (Lipinski definition) is 4. The first kappa shape index (κ1) is 28.8. The molecule has 50 heavy (non-hydrogen) atoms. The maximum Gasteiger partial charge on any atom is 0.165 e. The van der Waals surface area contributed by atoms with Gasteiger partial charge in [-0.1, -0.05) is 109 Å². The Labute approximate surface area is 293 Å². The van der Waals surface area contributed by atoms with Crippen LogP contribution in [0.15, 0.2) is 152 Å². The molecule has 0 saturated heterocycles. The van der Waals surface area contributed by atoms with Crippen molar-refractivity contribution in [2.45, 2.75) is 12.8 Å². The molecule has 236 valence electrons. The molecular weight excluding hydrogens is 629 g/mol. The lowest BCUT2D eigenvalue weighted by atomic mass is 9.99. The number of aryl methyl sites for hydroxylation is 1. The van der Waals surface area contributed by atoms with Gasteiger partial charge >= 0.3 is 0 Å². The average Bonchev–Trinajstić information content (AvgIpc) is 3.74. The fourth-order valence-corrected chi connectivity index (χ4v) is 8.65. The van der Waals surface area contributed by atoms with Crippen molar-refractivity contribution in [3.05, 3.63) is 163 Å². The molecule has 3 heterocycles. The van der Waals surface area contributed by atoms with Crippen LogP contribution in [0.25, 0.3) is 88.1 Å². The first-order chi connectivity index (χ1) is 24.8. The van der Waals surface area contributed by atoms with Gasteiger partial charge in [-0.2, -0.15) is 0 Å². The summed E-state index contributed by atoms with van der Waals surface area (Å²) < 4.78 is 4.82. The van der Waals surface area contributed by atoms with Crippen molar-refractivity contribution in [1.29, 1.82) is 0 Å². The van der Waals surface area contributed by atoms with Gasteiger partial charge in [0.05, 0.1) is 5.52 Å². The highest BCUT2D eigenvalue weighted by molar-refractivity contribution is 7.26. The van der Waals surface area contributed by atoms with Crippen molar-refractivity contribution < 1.29 is 0 Å². The van der Waals surface area contributed by atoms with E-state index < -0.39 is 0 Å². The van der Waals surface area contributed by atoms with E-state index in [1.807, 2.05) is 6.07 Å². The molecule has 3 aromatic heterocycles. The molecule has 5 heteroatoms. The fraction of sp³-hybridized carbons (Fsp3) is 0.0444. The number of fused-ring (bicyclic) bond motifs is 6. The fourth-order valence-electron chi connectivity index (χ4n) is 7.44. The third kappa shape index (κ3) is 4.70. The molecular formula is C45H30N4S. The number of allylic oxidation sites excluding steroid dienone is 1. The van der Waals surface area contributed by atoms with E-state index >= 15 is 0 Å². The Kier molecular flexibility index (Phi) is 6.78. The van der Waals surface area contributed by atoms with Crippen LogP contribution in [0.1, 0.15) is 17.7 Å². The molecule has 4 nitrogen and oxygen atoms in total. The highest BCUT2D eigenvalue weighted by atomic mass is 32.1. The summed E-state index contributed by atoms with van der Waals surface area (Å²) in [5, 5.41) is 3.80. The zero-order valence-corrected chi connectivity index (χ0v) is 27.9. The van der Waals surface area contributed by atoms with Crippen molar-refractivity contribution >= 4 is 48.5 Å². The summed E-state index contributed by atoms with van der Waals surface area (Å²) in [6, 6.07) is 51.3. The molecule has 0 N–H and O–H groups in total. The van der Waals surface area contributed by atoms with Gasteiger partial charge < -0.3 is 4.57 Å². The maximum atomic E-state index is 5.22. The zero-order chi connectivity index (χ0) is 33.0. The van der Waals surface area contributed by atoms with Gasteiger partial charge in [0.25, 0.3) is 0 Å². The molecule has 0 unspecified atom stereocenters. The number of aromatic nitrogens is 4. The monoisotopic (exact) mass is 658 g/mol. The summed E-state index contributed by atoms with van der Waals surface area (Å²) in [4.78, 5) is 15.6. The van der Waals surface area contributed by atoms with E-state index in [1.165, 1.54) is 42.3 Å². The van der Waals surface area contributed by atoms with Crippen LogP contribution < -0.4 is 0 Å². The van der Waals surface area contributed by atoms with Crippen molar-refractivity contribution in [3.8, 4) is 51.0 Å². The maximum absolute atomic E-state index is 5.22. The topological polar surface area (TPSA) is 43.6 Å². The second-order valence-electron chi connectivity index (χ2n) is 12.7. The molecule has 0 amide bonds. The number of thiophene rings is 1. The number of para-hydroxylation sites is 1. The summed E-state index contributed by atoms with van der Waals surface area (Å²) in [6.45, 7) is 0. The van der Waals surface area contributed by atoms with Crippen molar-refractivity contribution in [2.75, 3.05) is 0 Å². The number of nitrogens with zero attached hydrogens (tertiary/aromatic N) is 4. The van der Waals surface area contributed by atoms with E-state index in [0.717, 1.165) is 46.3 Å². The summed E-state index contributed by atoms with van der Waals surface area (Å²) in [6.07, 6.45) is 6.69. The lowest BCUT2D eigenvalue weighted by molar-refractivity contribution is 0.967. The zero-order valence-electron chi connectivity index (χ0n) is 27.1. The number of rotatable bonds is 5. The Hall–Kier alpha value is -6.17. The molecule has 0 spiro atoms. The van der Waals surface area contributed by atoms with Crippen LogP contribution in [-0.2, 0) is 6.42 Å². The minimum absolute atomic E-state index is 0.650. The SMILES string of the molecule is C1=Cc2c(c3ccccc3n2-c2ccc(-c3nc(-c4ccccc4-c4ccccc4)nc(-c4cccc5c4sc4ccccc45)n3)cc2)CC1. The van der Waals surface area contributed by atoms with Crippen LogP contribution in [0.2, 0.25) is 0 Å². The molecule has 9 aromatic rings. The third-order valence-electron chi connectivity index (χ3n) is 9.77. The van der Waals surface area contributed by atoms with Crippen LogP contribution in [0, 0.1) is 0 Å². The van der Waals surface area contributed by atoms with E-state index in [9.17, 15) is 0 Å². The van der Waals surface area contributed by atoms with Crippen LogP contribution >= 0.6 is 11.3 Å². The number of benzene rings is 6. The molecule has 0 bridgehead atoms. The Morgan fingerprint density at radius 3 is 2.02 bits per heavy atom. The molecule has 0 saturated carbocycles. The van der Waals surface area contributed by atoms with Gasteiger partial charge in [-0.15, -0.1) is 11.3 Å². The van der Waals surface area contributed by atoms with E-state index in [1.54, 1.807) is 11.3 Å². The predicted octanol–water partition coefficient (Wildman–Crippen LogP) is 11.8. The number of hydrogen-bond donors (Lipinski definition) is 0. The van der Waals surface area contributed by atoms with Crippen LogP contribution in [0.4, 0.5) is 0 Å². The Morgan fingerprint density at radius 1 is 0.500 bits per heavy atom. The highest BCUT2D eigenvalue weighted by Crippen LogP contribution is 2.40. The quantitative estimate of drug-likeness (QED) is 0.185. The predicted molar refractivity (Wildman–Crippen MR) is 209 cm³/mol. The Morgan fingerprint density at radius 2 is 1.16 bits per heavy atom. The molecule has 10 rings (SSSR count). The molecule has 0 aliphatic heterocycles. The average molecular weight is 659 g/mol. The van der Waals surface area contributed by atoms with Gasteiger partial charge in [0.15, 0.2) is 17.5 Å². The van der Waals surface area contributed by atoms with E-state index in [2.05, 4.69) is 156 Å². The Balaban J connectivity index is 1.16. The van der Waals surface area contributed by atoms with Gasteiger partial charge in [-0.05, 0) is 78.1 Å². The minimum Gasteiger partial charge on any atom is -0.310 e. The molecule has 0 atom stereocenters. The minimum atomic E-state index is 0.650. The standard InChI is InChI=1S/C45H30N4S/c1-2-13-29(14-3-1)32-15-4-5-19-37(32)44-46-43(47-45(48-44)38-21-12-20-36-35-18-8-11-24-41(35)50-42(36)38)30-25-27-31(28-26-30)49-39-22-9-6-16-33(39)34-17-7-10-23-40(34)49/h1-6,8-16,18-28H,7,17H2. The second-order valence-corrected chi connectivity index (χ2v) is 13.8. The van der Waals surface area contributed by atoms with Gasteiger partial charge in [-0.3, -0.25) is 0 Å². The van der Waals surface area contributed by atoms with Crippen molar-refractivity contribution in [1.82, 2.24) is 19.5 Å². The van der Waals surface area contributed by atoms with Gasteiger partial charge in [-0.25, -0.2) is 15.0 Å².